The largest absolute Gasteiger partial charge is 0.486 e. The van der Waals surface area contributed by atoms with Crippen molar-refractivity contribution in [2.45, 2.75) is 26.3 Å². The minimum atomic E-state index is -0.303. The van der Waals surface area contributed by atoms with Crippen LogP contribution in [0.1, 0.15) is 20.3 Å². The van der Waals surface area contributed by atoms with Crippen LogP contribution in [0.2, 0.25) is 0 Å². The van der Waals surface area contributed by atoms with Gasteiger partial charge in [-0.25, -0.2) is 0 Å². The fraction of sp³-hybridized carbons (Fsp3) is 0.500. The highest BCUT2D eigenvalue weighted by Crippen LogP contribution is 2.33. The highest BCUT2D eigenvalue weighted by atomic mass is 16.6. The van der Waals surface area contributed by atoms with E-state index in [0.29, 0.717) is 36.9 Å². The molecule has 1 aromatic rings. The highest BCUT2D eigenvalue weighted by molar-refractivity contribution is 5.97. The third-order valence-corrected chi connectivity index (χ3v) is 3.96. The Hall–Kier alpha value is -2.24. The van der Waals surface area contributed by atoms with Gasteiger partial charge in [-0.1, -0.05) is 0 Å². The average Bonchev–Trinajstić information content (AvgIpc) is 2.89. The molecule has 0 bridgehead atoms. The summed E-state index contributed by atoms with van der Waals surface area (Å²) in [5.74, 6) is 0.926. The SMILES string of the molecule is CC(C)N1C[C@H](C(=O)Nc2ccc3c(c2)OCCO3)CC1=O. The smallest absolute Gasteiger partial charge is 0.229 e. The van der Waals surface area contributed by atoms with E-state index < -0.39 is 0 Å². The number of ether oxygens (including phenoxy) is 2. The van der Waals surface area contributed by atoms with E-state index >= 15 is 0 Å². The molecule has 1 atom stereocenters. The third kappa shape index (κ3) is 2.86. The number of amides is 2. The molecule has 0 saturated carbocycles. The van der Waals surface area contributed by atoms with Crippen molar-refractivity contribution in [3.63, 3.8) is 0 Å². The second-order valence-electron chi connectivity index (χ2n) is 5.89. The summed E-state index contributed by atoms with van der Waals surface area (Å²) >= 11 is 0. The zero-order chi connectivity index (χ0) is 15.7. The molecule has 1 saturated heterocycles. The molecule has 118 valence electrons. The summed E-state index contributed by atoms with van der Waals surface area (Å²) < 4.78 is 10.9. The molecule has 0 radical (unpaired) electrons. The topological polar surface area (TPSA) is 67.9 Å². The van der Waals surface area contributed by atoms with Gasteiger partial charge < -0.3 is 19.7 Å². The molecular weight excluding hydrogens is 284 g/mol. The van der Waals surface area contributed by atoms with Gasteiger partial charge in [0.05, 0.1) is 5.92 Å². The summed E-state index contributed by atoms with van der Waals surface area (Å²) in [5, 5.41) is 2.86. The number of hydrogen-bond acceptors (Lipinski definition) is 4. The molecular formula is C16H20N2O4. The lowest BCUT2D eigenvalue weighted by atomic mass is 10.1. The van der Waals surface area contributed by atoms with Crippen LogP contribution in [0.4, 0.5) is 5.69 Å². The number of nitrogens with one attached hydrogen (secondary N) is 1. The number of anilines is 1. The molecule has 0 unspecified atom stereocenters. The quantitative estimate of drug-likeness (QED) is 0.922. The molecule has 0 aromatic heterocycles. The van der Waals surface area contributed by atoms with Gasteiger partial charge in [0.1, 0.15) is 13.2 Å². The van der Waals surface area contributed by atoms with Crippen molar-refractivity contribution in [2.75, 3.05) is 25.1 Å². The predicted molar refractivity (Wildman–Crippen MR) is 81.0 cm³/mol. The molecule has 1 fully saturated rings. The summed E-state index contributed by atoms with van der Waals surface area (Å²) in [6, 6.07) is 5.44. The van der Waals surface area contributed by atoms with Gasteiger partial charge in [0.25, 0.3) is 0 Å². The van der Waals surface area contributed by atoms with Gasteiger partial charge in [-0.3, -0.25) is 9.59 Å². The standard InChI is InChI=1S/C16H20N2O4/c1-10(2)18-9-11(7-15(18)19)16(20)17-12-3-4-13-14(8-12)22-6-5-21-13/h3-4,8,10-11H,5-7,9H2,1-2H3,(H,17,20)/t11-/m1/s1. The van der Waals surface area contributed by atoms with Crippen LogP contribution in [0.25, 0.3) is 0 Å². The molecule has 22 heavy (non-hydrogen) atoms. The first-order chi connectivity index (χ1) is 10.5. The van der Waals surface area contributed by atoms with Crippen LogP contribution in [0.3, 0.4) is 0 Å². The Balaban J connectivity index is 1.66. The normalized spacial score (nSPS) is 20.4. The Bertz CT molecular complexity index is 600. The number of fused-ring (bicyclic) bond motifs is 1. The van der Waals surface area contributed by atoms with Crippen LogP contribution in [0.15, 0.2) is 18.2 Å². The summed E-state index contributed by atoms with van der Waals surface area (Å²) in [4.78, 5) is 26.0. The lowest BCUT2D eigenvalue weighted by molar-refractivity contribution is -0.129. The first kappa shape index (κ1) is 14.7. The summed E-state index contributed by atoms with van der Waals surface area (Å²) in [6.45, 7) is 5.43. The molecule has 1 N–H and O–H groups in total. The first-order valence-electron chi connectivity index (χ1n) is 7.54. The van der Waals surface area contributed by atoms with E-state index in [2.05, 4.69) is 5.32 Å². The molecule has 2 aliphatic heterocycles. The molecule has 1 aromatic carbocycles. The fourth-order valence-corrected chi connectivity index (χ4v) is 2.77. The molecule has 6 heteroatoms. The second-order valence-corrected chi connectivity index (χ2v) is 5.89. The number of likely N-dealkylation sites (tertiary alicyclic amines) is 1. The van der Waals surface area contributed by atoms with Crippen LogP contribution in [-0.2, 0) is 9.59 Å². The predicted octanol–water partition coefficient (Wildman–Crippen LogP) is 1.65. The van der Waals surface area contributed by atoms with E-state index in [0.717, 1.165) is 0 Å². The van der Waals surface area contributed by atoms with Crippen molar-refractivity contribution < 1.29 is 19.1 Å². The number of carbonyl (C=O) groups is 2. The van der Waals surface area contributed by atoms with Crippen LogP contribution in [0.5, 0.6) is 11.5 Å². The number of carbonyl (C=O) groups excluding carboxylic acids is 2. The molecule has 3 rings (SSSR count). The highest BCUT2D eigenvalue weighted by Gasteiger charge is 2.35. The number of rotatable bonds is 3. The zero-order valence-corrected chi connectivity index (χ0v) is 12.8. The number of nitrogens with zero attached hydrogens (tertiary/aromatic N) is 1. The van der Waals surface area contributed by atoms with E-state index in [1.165, 1.54) is 0 Å². The first-order valence-corrected chi connectivity index (χ1v) is 7.54. The zero-order valence-electron chi connectivity index (χ0n) is 12.8. The summed E-state index contributed by atoms with van der Waals surface area (Å²) in [6.07, 6.45) is 0.272. The Kier molecular flexibility index (Phi) is 3.92. The van der Waals surface area contributed by atoms with Crippen molar-refractivity contribution in [1.82, 2.24) is 4.90 Å². The van der Waals surface area contributed by atoms with E-state index in [1.54, 1.807) is 23.1 Å². The van der Waals surface area contributed by atoms with Gasteiger partial charge in [0, 0.05) is 30.8 Å². The molecule has 2 heterocycles. The molecule has 6 nitrogen and oxygen atoms in total. The van der Waals surface area contributed by atoms with E-state index in [-0.39, 0.29) is 30.2 Å². The van der Waals surface area contributed by atoms with Crippen molar-refractivity contribution in [2.24, 2.45) is 5.92 Å². The number of hydrogen-bond donors (Lipinski definition) is 1. The van der Waals surface area contributed by atoms with Crippen molar-refractivity contribution >= 4 is 17.5 Å². The van der Waals surface area contributed by atoms with E-state index in [9.17, 15) is 9.59 Å². The molecule has 2 amide bonds. The second kappa shape index (κ2) is 5.87. The lowest BCUT2D eigenvalue weighted by Gasteiger charge is -2.21. The van der Waals surface area contributed by atoms with Gasteiger partial charge >= 0.3 is 0 Å². The summed E-state index contributed by atoms with van der Waals surface area (Å²) in [7, 11) is 0. The van der Waals surface area contributed by atoms with E-state index in [1.807, 2.05) is 13.8 Å². The Morgan fingerprint density at radius 3 is 2.68 bits per heavy atom. The fourth-order valence-electron chi connectivity index (χ4n) is 2.77. The van der Waals surface area contributed by atoms with Crippen LogP contribution in [0, 0.1) is 5.92 Å². The average molecular weight is 304 g/mol. The Labute approximate surface area is 129 Å². The monoisotopic (exact) mass is 304 g/mol. The van der Waals surface area contributed by atoms with Crippen molar-refractivity contribution in [1.29, 1.82) is 0 Å². The van der Waals surface area contributed by atoms with Gasteiger partial charge in [-0.15, -0.1) is 0 Å². The number of benzene rings is 1. The van der Waals surface area contributed by atoms with Gasteiger partial charge in [-0.2, -0.15) is 0 Å². The van der Waals surface area contributed by atoms with Crippen LogP contribution in [-0.4, -0.2) is 42.5 Å². The van der Waals surface area contributed by atoms with Gasteiger partial charge in [-0.05, 0) is 26.0 Å². The van der Waals surface area contributed by atoms with Gasteiger partial charge in [0.15, 0.2) is 11.5 Å². The van der Waals surface area contributed by atoms with Crippen LogP contribution >= 0.6 is 0 Å². The lowest BCUT2D eigenvalue weighted by Crippen LogP contribution is -2.33. The van der Waals surface area contributed by atoms with Crippen LogP contribution < -0.4 is 14.8 Å². The third-order valence-electron chi connectivity index (χ3n) is 3.96. The minimum absolute atomic E-state index is 0.0392. The Morgan fingerprint density at radius 2 is 2.00 bits per heavy atom. The maximum Gasteiger partial charge on any atom is 0.229 e. The molecule has 0 spiro atoms. The maximum atomic E-state index is 12.3. The summed E-state index contributed by atoms with van der Waals surface area (Å²) in [5.41, 5.74) is 0.657. The van der Waals surface area contributed by atoms with Gasteiger partial charge in [0.2, 0.25) is 11.8 Å². The molecule has 2 aliphatic rings. The van der Waals surface area contributed by atoms with Crippen molar-refractivity contribution in [3.05, 3.63) is 18.2 Å². The minimum Gasteiger partial charge on any atom is -0.486 e. The van der Waals surface area contributed by atoms with Crippen molar-refractivity contribution in [3.8, 4) is 11.5 Å². The molecule has 0 aliphatic carbocycles. The van der Waals surface area contributed by atoms with E-state index in [4.69, 9.17) is 9.47 Å². The Morgan fingerprint density at radius 1 is 1.27 bits per heavy atom. The maximum absolute atomic E-state index is 12.3.